The molecule has 1 fully saturated rings. The summed E-state index contributed by atoms with van der Waals surface area (Å²) in [4.78, 5) is 16.6. The van der Waals surface area contributed by atoms with Crippen LogP contribution < -0.4 is 0 Å². The SMILES string of the molecule is CC1CC(C(=O)c2ccc3ncccc3c2)CO1. The number of carbonyl (C=O) groups is 1. The molecule has 0 amide bonds. The van der Waals surface area contributed by atoms with Crippen molar-refractivity contribution < 1.29 is 9.53 Å². The Morgan fingerprint density at radius 2 is 2.28 bits per heavy atom. The first-order valence-electron chi connectivity index (χ1n) is 6.24. The van der Waals surface area contributed by atoms with Crippen LogP contribution in [0.1, 0.15) is 23.7 Å². The van der Waals surface area contributed by atoms with Gasteiger partial charge < -0.3 is 4.74 Å². The van der Waals surface area contributed by atoms with E-state index in [-0.39, 0.29) is 17.8 Å². The van der Waals surface area contributed by atoms with E-state index in [0.717, 1.165) is 22.9 Å². The van der Waals surface area contributed by atoms with Crippen molar-refractivity contribution in [3.63, 3.8) is 0 Å². The molecule has 0 radical (unpaired) electrons. The minimum Gasteiger partial charge on any atom is -0.378 e. The molecule has 1 aromatic heterocycles. The highest BCUT2D eigenvalue weighted by Crippen LogP contribution is 2.24. The number of hydrogen-bond donors (Lipinski definition) is 0. The van der Waals surface area contributed by atoms with Crippen LogP contribution in [0.3, 0.4) is 0 Å². The van der Waals surface area contributed by atoms with E-state index in [1.54, 1.807) is 6.20 Å². The van der Waals surface area contributed by atoms with Crippen LogP contribution in [-0.4, -0.2) is 23.5 Å². The smallest absolute Gasteiger partial charge is 0.168 e. The Kier molecular flexibility index (Phi) is 2.84. The lowest BCUT2D eigenvalue weighted by atomic mass is 9.94. The van der Waals surface area contributed by atoms with Crippen molar-refractivity contribution in [1.82, 2.24) is 4.98 Å². The molecule has 1 saturated heterocycles. The molecule has 0 bridgehead atoms. The van der Waals surface area contributed by atoms with E-state index in [1.807, 2.05) is 37.3 Å². The monoisotopic (exact) mass is 241 g/mol. The lowest BCUT2D eigenvalue weighted by Gasteiger charge is -2.07. The summed E-state index contributed by atoms with van der Waals surface area (Å²) >= 11 is 0. The second kappa shape index (κ2) is 4.50. The van der Waals surface area contributed by atoms with Gasteiger partial charge in [0.1, 0.15) is 0 Å². The van der Waals surface area contributed by atoms with Gasteiger partial charge in [0.05, 0.1) is 18.2 Å². The zero-order valence-corrected chi connectivity index (χ0v) is 10.3. The molecular weight excluding hydrogens is 226 g/mol. The fourth-order valence-corrected chi connectivity index (χ4v) is 2.46. The van der Waals surface area contributed by atoms with Crippen molar-refractivity contribution in [2.24, 2.45) is 5.92 Å². The number of pyridine rings is 1. The Hall–Kier alpha value is -1.74. The molecule has 1 aliphatic rings. The summed E-state index contributed by atoms with van der Waals surface area (Å²) in [5, 5.41) is 1.01. The number of benzene rings is 1. The average Bonchev–Trinajstić information content (AvgIpc) is 2.84. The predicted octanol–water partition coefficient (Wildman–Crippen LogP) is 2.84. The number of carbonyl (C=O) groups excluding carboxylic acids is 1. The highest BCUT2D eigenvalue weighted by molar-refractivity contribution is 6.01. The summed E-state index contributed by atoms with van der Waals surface area (Å²) in [6.07, 6.45) is 2.78. The summed E-state index contributed by atoms with van der Waals surface area (Å²) in [6, 6.07) is 9.56. The maximum absolute atomic E-state index is 12.3. The molecular formula is C15H15NO2. The predicted molar refractivity (Wildman–Crippen MR) is 69.6 cm³/mol. The van der Waals surface area contributed by atoms with Gasteiger partial charge in [0.15, 0.2) is 5.78 Å². The molecule has 1 aliphatic heterocycles. The zero-order chi connectivity index (χ0) is 12.5. The first-order valence-corrected chi connectivity index (χ1v) is 6.24. The fourth-order valence-electron chi connectivity index (χ4n) is 2.46. The molecule has 0 spiro atoms. The van der Waals surface area contributed by atoms with Gasteiger partial charge in [0.2, 0.25) is 0 Å². The molecule has 2 unspecified atom stereocenters. The summed E-state index contributed by atoms with van der Waals surface area (Å²) in [7, 11) is 0. The molecule has 3 rings (SSSR count). The van der Waals surface area contributed by atoms with Gasteiger partial charge in [0.25, 0.3) is 0 Å². The van der Waals surface area contributed by atoms with Crippen LogP contribution in [-0.2, 0) is 4.74 Å². The van der Waals surface area contributed by atoms with Crippen molar-refractivity contribution in [1.29, 1.82) is 0 Å². The number of fused-ring (bicyclic) bond motifs is 1. The fraction of sp³-hybridized carbons (Fsp3) is 0.333. The van der Waals surface area contributed by atoms with E-state index in [2.05, 4.69) is 4.98 Å². The van der Waals surface area contributed by atoms with Crippen LogP contribution in [0.2, 0.25) is 0 Å². The molecule has 18 heavy (non-hydrogen) atoms. The van der Waals surface area contributed by atoms with E-state index in [4.69, 9.17) is 4.74 Å². The third kappa shape index (κ3) is 2.02. The van der Waals surface area contributed by atoms with Crippen molar-refractivity contribution >= 4 is 16.7 Å². The normalized spacial score (nSPS) is 23.4. The number of rotatable bonds is 2. The molecule has 2 atom stereocenters. The molecule has 1 aromatic carbocycles. The molecule has 92 valence electrons. The number of Topliss-reactive ketones (excluding diaryl/α,β-unsaturated/α-hetero) is 1. The van der Waals surface area contributed by atoms with Gasteiger partial charge in [-0.1, -0.05) is 6.07 Å². The first-order chi connectivity index (χ1) is 8.74. The lowest BCUT2D eigenvalue weighted by molar-refractivity contribution is 0.0878. The minimum absolute atomic E-state index is 0.00845. The molecule has 2 heterocycles. The Balaban J connectivity index is 1.92. The molecule has 0 saturated carbocycles. The highest BCUT2D eigenvalue weighted by atomic mass is 16.5. The summed E-state index contributed by atoms with van der Waals surface area (Å²) in [6.45, 7) is 2.56. The van der Waals surface area contributed by atoms with E-state index >= 15 is 0 Å². The lowest BCUT2D eigenvalue weighted by Crippen LogP contribution is -2.14. The van der Waals surface area contributed by atoms with Crippen molar-refractivity contribution in [3.05, 3.63) is 42.1 Å². The Labute approximate surface area is 106 Å². The number of ketones is 1. The van der Waals surface area contributed by atoms with E-state index in [9.17, 15) is 4.79 Å². The summed E-state index contributed by atoms with van der Waals surface area (Å²) in [5.74, 6) is 0.194. The van der Waals surface area contributed by atoms with Crippen molar-refractivity contribution in [3.8, 4) is 0 Å². The molecule has 2 aromatic rings. The second-order valence-electron chi connectivity index (χ2n) is 4.85. The van der Waals surface area contributed by atoms with Crippen LogP contribution in [0.15, 0.2) is 36.5 Å². The van der Waals surface area contributed by atoms with E-state index in [1.165, 1.54) is 0 Å². The molecule has 0 N–H and O–H groups in total. The Morgan fingerprint density at radius 1 is 1.39 bits per heavy atom. The maximum atomic E-state index is 12.3. The number of aromatic nitrogens is 1. The first kappa shape index (κ1) is 11.4. The third-order valence-corrected chi connectivity index (χ3v) is 3.46. The average molecular weight is 241 g/mol. The standard InChI is InChI=1S/C15H15NO2/c1-10-7-13(9-18-10)15(17)12-4-5-14-11(8-12)3-2-6-16-14/h2-6,8,10,13H,7,9H2,1H3. The Bertz CT molecular complexity index is 594. The molecule has 3 nitrogen and oxygen atoms in total. The molecule has 0 aliphatic carbocycles. The molecule has 3 heteroatoms. The number of ether oxygens (including phenoxy) is 1. The van der Waals surface area contributed by atoms with Crippen LogP contribution in [0.5, 0.6) is 0 Å². The minimum atomic E-state index is 0.00845. The van der Waals surface area contributed by atoms with Gasteiger partial charge in [-0.05, 0) is 37.6 Å². The van der Waals surface area contributed by atoms with Crippen molar-refractivity contribution in [2.45, 2.75) is 19.4 Å². The highest BCUT2D eigenvalue weighted by Gasteiger charge is 2.28. The third-order valence-electron chi connectivity index (χ3n) is 3.46. The second-order valence-corrected chi connectivity index (χ2v) is 4.85. The Morgan fingerprint density at radius 3 is 3.06 bits per heavy atom. The van der Waals surface area contributed by atoms with Crippen LogP contribution >= 0.6 is 0 Å². The number of hydrogen-bond acceptors (Lipinski definition) is 3. The van der Waals surface area contributed by atoms with Gasteiger partial charge in [-0.2, -0.15) is 0 Å². The van der Waals surface area contributed by atoms with Crippen LogP contribution in [0.4, 0.5) is 0 Å². The van der Waals surface area contributed by atoms with Gasteiger partial charge in [-0.25, -0.2) is 0 Å². The van der Waals surface area contributed by atoms with Gasteiger partial charge in [-0.15, -0.1) is 0 Å². The largest absolute Gasteiger partial charge is 0.378 e. The van der Waals surface area contributed by atoms with Crippen LogP contribution in [0.25, 0.3) is 10.9 Å². The zero-order valence-electron chi connectivity index (χ0n) is 10.3. The summed E-state index contributed by atoms with van der Waals surface area (Å²) in [5.41, 5.74) is 1.68. The summed E-state index contributed by atoms with van der Waals surface area (Å²) < 4.78 is 5.46. The van der Waals surface area contributed by atoms with Crippen molar-refractivity contribution in [2.75, 3.05) is 6.61 Å². The quantitative estimate of drug-likeness (QED) is 0.759. The topological polar surface area (TPSA) is 39.2 Å². The maximum Gasteiger partial charge on any atom is 0.168 e. The van der Waals surface area contributed by atoms with E-state index < -0.39 is 0 Å². The van der Waals surface area contributed by atoms with Gasteiger partial charge >= 0.3 is 0 Å². The van der Waals surface area contributed by atoms with Gasteiger partial charge in [0, 0.05) is 23.1 Å². The van der Waals surface area contributed by atoms with Gasteiger partial charge in [-0.3, -0.25) is 9.78 Å². The van der Waals surface area contributed by atoms with E-state index in [0.29, 0.717) is 6.61 Å². The van der Waals surface area contributed by atoms with Crippen LogP contribution in [0, 0.1) is 5.92 Å². The number of nitrogens with zero attached hydrogens (tertiary/aromatic N) is 1.